The summed E-state index contributed by atoms with van der Waals surface area (Å²) in [6.07, 6.45) is 0.971. The van der Waals surface area contributed by atoms with E-state index >= 15 is 0 Å². The Kier molecular flexibility index (Phi) is 16.3. The molecule has 0 unspecified atom stereocenters. The largest absolute Gasteiger partial charge is 0.168 e. The summed E-state index contributed by atoms with van der Waals surface area (Å²) in [6.45, 7) is 3.57. The first-order valence-corrected chi connectivity index (χ1v) is 18.9. The van der Waals surface area contributed by atoms with Gasteiger partial charge in [0.25, 0.3) is 0 Å². The van der Waals surface area contributed by atoms with Crippen molar-refractivity contribution in [2.75, 3.05) is 0 Å². The van der Waals surface area contributed by atoms with Gasteiger partial charge >= 0.3 is 112 Å². The molecule has 8 heteroatoms. The number of hydrogen-bond donors (Lipinski definition) is 2. The van der Waals surface area contributed by atoms with Crippen molar-refractivity contribution >= 4 is 68.3 Å². The SMILES string of the molecule is CCC(=O)[NH][Ga][NH]C(=O)CC.[Cl][Zr+2][Cl].c1ccc2[cH-]ccc2c1.c1ccc2[cH-]ccc2c1. The van der Waals surface area contributed by atoms with Crippen LogP contribution >= 0.6 is 17.0 Å². The number of amides is 2. The smallest absolute Gasteiger partial charge is 0.0809 e. The van der Waals surface area contributed by atoms with E-state index in [2.05, 4.69) is 93.0 Å². The van der Waals surface area contributed by atoms with Gasteiger partial charge in [-0.25, -0.2) is 0 Å². The Morgan fingerprint density at radius 3 is 1.50 bits per heavy atom. The molecular formula is C24H26Cl2GaN2O2Zr. The van der Waals surface area contributed by atoms with E-state index in [1.165, 1.54) is 21.5 Å². The zero-order valence-corrected chi connectivity index (χ0v) is 24.5. The molecule has 0 heterocycles. The summed E-state index contributed by atoms with van der Waals surface area (Å²) < 4.78 is 5.37. The van der Waals surface area contributed by atoms with Crippen LogP contribution in [0.5, 0.6) is 0 Å². The fraction of sp³-hybridized carbons (Fsp3) is 0.167. The molecule has 0 saturated carbocycles. The van der Waals surface area contributed by atoms with Crippen LogP contribution in [0.15, 0.2) is 84.9 Å². The number of carbonyl (C=O) groups is 2. The molecule has 0 aliphatic rings. The van der Waals surface area contributed by atoms with E-state index in [1.807, 2.05) is 0 Å². The van der Waals surface area contributed by atoms with Gasteiger partial charge in [0, 0.05) is 0 Å². The Hall–Kier alpha value is -1.30. The second-order valence-corrected chi connectivity index (χ2v) is 11.9. The van der Waals surface area contributed by atoms with E-state index in [1.54, 1.807) is 13.8 Å². The van der Waals surface area contributed by atoms with E-state index in [0.717, 1.165) is 0 Å². The first-order chi connectivity index (χ1) is 15.5. The quantitative estimate of drug-likeness (QED) is 0.219. The normalized spacial score (nSPS) is 9.00. The zero-order chi connectivity index (χ0) is 23.6. The minimum atomic E-state index is -1.05. The van der Waals surface area contributed by atoms with Crippen molar-refractivity contribution in [2.24, 2.45) is 0 Å². The van der Waals surface area contributed by atoms with Crippen LogP contribution in [0.3, 0.4) is 0 Å². The fourth-order valence-electron chi connectivity index (χ4n) is 2.54. The molecular weight excluding hydrogens is 580 g/mol. The third kappa shape index (κ3) is 12.1. The number of hydrogen-bond acceptors (Lipinski definition) is 2. The van der Waals surface area contributed by atoms with E-state index in [4.69, 9.17) is 17.0 Å². The maximum Gasteiger partial charge on any atom is -0.0809 e. The summed E-state index contributed by atoms with van der Waals surface area (Å²) in [6, 6.07) is 29.3. The summed E-state index contributed by atoms with van der Waals surface area (Å²) in [5.74, 6) is 0.0304. The average Bonchev–Trinajstić information content (AvgIpc) is 3.49. The van der Waals surface area contributed by atoms with Gasteiger partial charge in [-0.05, 0) is 0 Å². The molecule has 2 N–H and O–H groups in total. The molecule has 165 valence electrons. The Morgan fingerprint density at radius 1 is 0.781 bits per heavy atom. The Bertz CT molecular complexity index is 910. The summed E-state index contributed by atoms with van der Waals surface area (Å²) in [5.41, 5.74) is 0. The van der Waals surface area contributed by atoms with Crippen LogP contribution < -0.4 is 8.05 Å². The van der Waals surface area contributed by atoms with Gasteiger partial charge in [-0.15, -0.1) is 59.3 Å². The molecule has 0 fully saturated rings. The molecule has 0 bridgehead atoms. The standard InChI is InChI=1S/2C9H7.2C3H7NO.2ClH.Ga.Zr/c2*1-2-5-9-7-3-6-8(9)4-1;2*1-2-3(4)5;;;;/h2*1-7H;2*2H2,1H3,(H2,4,5);2*1H;;/q2*-1;;;;;+2;+4/p-4. The predicted molar refractivity (Wildman–Crippen MR) is 133 cm³/mol. The molecule has 1 radical (unpaired) electrons. The number of halogens is 2. The van der Waals surface area contributed by atoms with Gasteiger partial charge in [-0.1, -0.05) is 12.1 Å². The molecule has 0 atom stereocenters. The monoisotopic (exact) mass is 603 g/mol. The van der Waals surface area contributed by atoms with Crippen LogP contribution in [0.1, 0.15) is 26.7 Å². The summed E-state index contributed by atoms with van der Waals surface area (Å²) in [7, 11) is 9.87. The molecule has 4 aromatic carbocycles. The number of carbonyl (C=O) groups excluding carboxylic acids is 2. The number of benzene rings is 2. The number of rotatable bonds is 4. The van der Waals surface area contributed by atoms with E-state index in [-0.39, 0.29) is 11.8 Å². The van der Waals surface area contributed by atoms with Crippen molar-refractivity contribution in [3.63, 3.8) is 0 Å². The molecule has 0 saturated heterocycles. The van der Waals surface area contributed by atoms with Gasteiger partial charge in [-0.2, -0.15) is 35.0 Å². The van der Waals surface area contributed by atoms with Crippen molar-refractivity contribution in [1.29, 1.82) is 0 Å². The van der Waals surface area contributed by atoms with Gasteiger partial charge in [-0.3, -0.25) is 0 Å². The molecule has 4 nitrogen and oxygen atoms in total. The molecule has 0 aliphatic carbocycles. The predicted octanol–water partition coefficient (Wildman–Crippen LogP) is 6.07. The van der Waals surface area contributed by atoms with Gasteiger partial charge in [0.05, 0.1) is 0 Å². The molecule has 4 rings (SSSR count). The summed E-state index contributed by atoms with van der Waals surface area (Å²) >= 11 is -1.87. The van der Waals surface area contributed by atoms with Crippen molar-refractivity contribution in [2.45, 2.75) is 26.7 Å². The van der Waals surface area contributed by atoms with E-state index in [0.29, 0.717) is 12.8 Å². The minimum Gasteiger partial charge on any atom is -0.168 e. The summed E-state index contributed by atoms with van der Waals surface area (Å²) in [4.78, 5) is 21.3. The maximum atomic E-state index is 10.7. The number of nitrogens with one attached hydrogen (secondary N) is 2. The molecule has 0 aromatic heterocycles. The Morgan fingerprint density at radius 2 is 1.16 bits per heavy atom. The molecule has 32 heavy (non-hydrogen) atoms. The topological polar surface area (TPSA) is 58.2 Å². The first-order valence-electron chi connectivity index (χ1n) is 10.1. The van der Waals surface area contributed by atoms with Crippen molar-refractivity contribution in [3.05, 3.63) is 84.9 Å². The Labute approximate surface area is 216 Å². The van der Waals surface area contributed by atoms with Crippen LogP contribution in [0.25, 0.3) is 21.5 Å². The third-order valence-electron chi connectivity index (χ3n) is 4.20. The van der Waals surface area contributed by atoms with Crippen LogP contribution in [-0.2, 0) is 30.4 Å². The molecule has 2 amide bonds. The van der Waals surface area contributed by atoms with Crippen LogP contribution in [0.2, 0.25) is 0 Å². The first kappa shape index (κ1) is 28.7. The maximum absolute atomic E-state index is 10.7. The van der Waals surface area contributed by atoms with Crippen molar-refractivity contribution in [1.82, 2.24) is 8.05 Å². The number of fused-ring (bicyclic) bond motifs is 2. The van der Waals surface area contributed by atoms with Gasteiger partial charge in [0.1, 0.15) is 0 Å². The Balaban J connectivity index is 0.000000226. The van der Waals surface area contributed by atoms with Crippen LogP contribution in [0.4, 0.5) is 0 Å². The average molecular weight is 606 g/mol. The second kappa shape index (κ2) is 18.2. The zero-order valence-electron chi connectivity index (χ0n) is 18.1. The van der Waals surface area contributed by atoms with Crippen molar-refractivity contribution in [3.8, 4) is 0 Å². The molecule has 4 aromatic rings. The molecule has 0 spiro atoms. The third-order valence-corrected chi connectivity index (χ3v) is 6.16. The summed E-state index contributed by atoms with van der Waals surface area (Å²) in [5, 5.41) is 5.32. The van der Waals surface area contributed by atoms with E-state index in [9.17, 15) is 9.59 Å². The minimum absolute atomic E-state index is 0.0152. The van der Waals surface area contributed by atoms with Gasteiger partial charge in [0.2, 0.25) is 0 Å². The van der Waals surface area contributed by atoms with Crippen LogP contribution in [-0.4, -0.2) is 29.7 Å². The molecule has 0 aliphatic heterocycles. The van der Waals surface area contributed by atoms with E-state index < -0.39 is 38.7 Å². The van der Waals surface area contributed by atoms with Gasteiger partial charge < -0.3 is 0 Å². The van der Waals surface area contributed by atoms with Gasteiger partial charge in [0.15, 0.2) is 0 Å². The fourth-order valence-corrected chi connectivity index (χ4v) is 4.22. The van der Waals surface area contributed by atoms with Crippen LogP contribution in [0, 0.1) is 0 Å². The van der Waals surface area contributed by atoms with Crippen molar-refractivity contribution < 1.29 is 30.4 Å². The second-order valence-electron chi connectivity index (χ2n) is 6.37.